The van der Waals surface area contributed by atoms with Crippen LogP contribution >= 0.6 is 0 Å². The summed E-state index contributed by atoms with van der Waals surface area (Å²) in [6.07, 6.45) is 13.8. The van der Waals surface area contributed by atoms with Gasteiger partial charge >= 0.3 is 0 Å². The first-order chi connectivity index (χ1) is 23.7. The molecule has 4 bridgehead atoms. The zero-order valence-electron chi connectivity index (χ0n) is 29.8. The molecule has 6 rings (SSSR count). The minimum Gasteiger partial charge on any atom is -0.504 e. The molecule has 5 aliphatic carbocycles. The van der Waals surface area contributed by atoms with Gasteiger partial charge in [0.2, 0.25) is 0 Å². The van der Waals surface area contributed by atoms with Crippen molar-refractivity contribution in [3.05, 3.63) is 34.4 Å². The third kappa shape index (κ3) is 9.21. The van der Waals surface area contributed by atoms with Crippen LogP contribution in [-0.2, 0) is 16.0 Å². The molecule has 266 valence electrons. The number of hydrogen-bond acceptors (Lipinski definition) is 6. The number of benzene rings is 1. The zero-order chi connectivity index (χ0) is 34.9. The lowest BCUT2D eigenvalue weighted by atomic mass is 9.62. The van der Waals surface area contributed by atoms with Gasteiger partial charge < -0.3 is 31.2 Å². The molecule has 7 atom stereocenters. The molecular formula is C41H57N3O5. The van der Waals surface area contributed by atoms with E-state index in [2.05, 4.69) is 30.6 Å². The molecule has 0 heterocycles. The Morgan fingerprint density at radius 2 is 1.86 bits per heavy atom. The molecule has 8 nitrogen and oxygen atoms in total. The number of ketones is 1. The molecule has 0 spiro atoms. The molecule has 6 N–H and O–H groups in total. The summed E-state index contributed by atoms with van der Waals surface area (Å²) in [7, 11) is 1.80. The van der Waals surface area contributed by atoms with Crippen molar-refractivity contribution in [3.63, 3.8) is 0 Å². The van der Waals surface area contributed by atoms with Gasteiger partial charge in [-0.1, -0.05) is 32.1 Å². The van der Waals surface area contributed by atoms with Gasteiger partial charge in [0.25, 0.3) is 0 Å². The van der Waals surface area contributed by atoms with Gasteiger partial charge in [0.1, 0.15) is 0 Å². The zero-order valence-corrected chi connectivity index (χ0v) is 29.8. The normalized spacial score (nSPS) is 28.6. The number of hydrogen-bond donors (Lipinski definition) is 4. The van der Waals surface area contributed by atoms with Crippen molar-refractivity contribution in [2.75, 3.05) is 13.7 Å². The number of nitrogens with zero attached hydrogens (tertiary/aromatic N) is 1. The number of aliphatic hydroxyl groups excluding tert-OH is 1. The standard InChI is InChI=1S/C41H57N3O5/c1-4-9-27(25-45)23-31(46)17-14-29-24-37(49-32-12-7-8-13-32)40(47)39-33(29)18-15-28-11-6-5-10-26(2)22-30-16-21-36(48-3)34(38(30)39)19-20-35(28)44-41(42)43/h23-24,26,28,30,32,34-36,38,45,47H,4,7-14,16-17,19-22,25H2,1-3H3,(H4,42,43,44). The fraction of sp³-hybridized carbons (Fsp3) is 0.659. The molecule has 2 fully saturated rings. The van der Waals surface area contributed by atoms with E-state index in [1.807, 2.05) is 13.0 Å². The van der Waals surface area contributed by atoms with E-state index in [-0.39, 0.29) is 72.4 Å². The van der Waals surface area contributed by atoms with E-state index >= 15 is 0 Å². The van der Waals surface area contributed by atoms with Crippen LogP contribution in [-0.4, -0.2) is 53.9 Å². The van der Waals surface area contributed by atoms with Gasteiger partial charge in [-0.3, -0.25) is 4.79 Å². The number of nitrogens with two attached hydrogens (primary N) is 2. The summed E-state index contributed by atoms with van der Waals surface area (Å²) in [6, 6.07) is 1.71. The van der Waals surface area contributed by atoms with Gasteiger partial charge in [-0.15, -0.1) is 11.8 Å². The highest BCUT2D eigenvalue weighted by molar-refractivity contribution is 5.90. The molecule has 49 heavy (non-hydrogen) atoms. The van der Waals surface area contributed by atoms with Gasteiger partial charge in [-0.25, -0.2) is 4.99 Å². The predicted octanol–water partition coefficient (Wildman–Crippen LogP) is 6.29. The Kier molecular flexibility index (Phi) is 13.1. The topological polar surface area (TPSA) is 140 Å². The number of phenols is 1. The van der Waals surface area contributed by atoms with E-state index in [9.17, 15) is 15.0 Å². The first-order valence-electron chi connectivity index (χ1n) is 18.7. The van der Waals surface area contributed by atoms with E-state index in [1.54, 1.807) is 13.2 Å². The van der Waals surface area contributed by atoms with Crippen molar-refractivity contribution in [1.29, 1.82) is 0 Å². The molecule has 7 unspecified atom stereocenters. The second-order valence-corrected chi connectivity index (χ2v) is 14.9. The molecule has 1 aromatic rings. The van der Waals surface area contributed by atoms with E-state index in [0.29, 0.717) is 30.9 Å². The highest BCUT2D eigenvalue weighted by atomic mass is 16.5. The monoisotopic (exact) mass is 671 g/mol. The smallest absolute Gasteiger partial charge is 0.186 e. The van der Waals surface area contributed by atoms with E-state index in [4.69, 9.17) is 25.9 Å². The molecule has 1 aromatic carbocycles. The van der Waals surface area contributed by atoms with Crippen molar-refractivity contribution < 1.29 is 24.5 Å². The average Bonchev–Trinajstić information content (AvgIpc) is 3.59. The van der Waals surface area contributed by atoms with Crippen LogP contribution in [0.3, 0.4) is 0 Å². The second-order valence-electron chi connectivity index (χ2n) is 14.9. The molecule has 0 amide bonds. The molecule has 0 saturated heterocycles. The van der Waals surface area contributed by atoms with Gasteiger partial charge in [-0.05, 0) is 118 Å². The highest BCUT2D eigenvalue weighted by Gasteiger charge is 2.44. The lowest BCUT2D eigenvalue weighted by Crippen LogP contribution is -2.40. The maximum atomic E-state index is 13.3. The van der Waals surface area contributed by atoms with Gasteiger partial charge in [0.15, 0.2) is 23.2 Å². The minimum atomic E-state index is -0.228. The van der Waals surface area contributed by atoms with E-state index in [0.717, 1.165) is 92.9 Å². The quantitative estimate of drug-likeness (QED) is 0.0939. The number of phenolic OH excluding ortho intramolecular Hbond substituents is 1. The van der Waals surface area contributed by atoms with Gasteiger partial charge in [-0.2, -0.15) is 0 Å². The summed E-state index contributed by atoms with van der Waals surface area (Å²) >= 11 is 0. The Balaban J connectivity index is 1.73. The molecule has 0 aromatic heterocycles. The molecule has 5 aliphatic rings. The molecule has 0 aliphatic heterocycles. The summed E-state index contributed by atoms with van der Waals surface area (Å²) in [5.74, 6) is 15.2. The van der Waals surface area contributed by atoms with E-state index in [1.165, 1.54) is 0 Å². The fourth-order valence-corrected chi connectivity index (χ4v) is 8.86. The number of aliphatic imine (C=N–C) groups is 1. The Morgan fingerprint density at radius 3 is 2.57 bits per heavy atom. The fourth-order valence-electron chi connectivity index (χ4n) is 8.86. The van der Waals surface area contributed by atoms with Crippen LogP contribution in [0, 0.1) is 47.4 Å². The molecule has 2 saturated carbocycles. The van der Waals surface area contributed by atoms with Gasteiger partial charge in [0.05, 0.1) is 30.8 Å². The first-order valence-corrected chi connectivity index (χ1v) is 18.7. The number of methoxy groups -OCH3 is 1. The Hall–Kier alpha value is -3.46. The molecule has 8 heteroatoms. The van der Waals surface area contributed by atoms with Crippen molar-refractivity contribution in [2.24, 2.45) is 40.1 Å². The SMILES string of the molecule is CCCC(=CC(=O)CCc1cc(OC2CCCC2)c(O)c2c1C#CC1CC#CCC(C)CC3CCC(OC)C(CCC1N=C(N)N)C23)CO. The largest absolute Gasteiger partial charge is 0.504 e. The number of carbonyl (C=O) groups is 1. The van der Waals surface area contributed by atoms with Crippen molar-refractivity contribution in [2.45, 2.75) is 134 Å². The summed E-state index contributed by atoms with van der Waals surface area (Å²) in [6.45, 7) is 4.20. The number of aromatic hydroxyl groups is 1. The Morgan fingerprint density at radius 1 is 1.08 bits per heavy atom. The lowest BCUT2D eigenvalue weighted by Gasteiger charge is -2.45. The summed E-state index contributed by atoms with van der Waals surface area (Å²) in [5, 5.41) is 22.2. The first kappa shape index (κ1) is 36.8. The third-order valence-electron chi connectivity index (χ3n) is 11.2. The number of allylic oxidation sites excluding steroid dienone is 1. The van der Waals surface area contributed by atoms with Crippen molar-refractivity contribution in [3.8, 4) is 35.2 Å². The second kappa shape index (κ2) is 17.5. The number of ether oxygens (including phenoxy) is 2. The number of guanidine groups is 1. The van der Waals surface area contributed by atoms with Crippen molar-refractivity contribution >= 4 is 11.7 Å². The minimum absolute atomic E-state index is 0.000845. The number of aryl methyl sites for hydroxylation is 1. The Bertz CT molecular complexity index is 1500. The van der Waals surface area contributed by atoms with Crippen LogP contribution in [0.25, 0.3) is 0 Å². The highest BCUT2D eigenvalue weighted by Crippen LogP contribution is 2.54. The predicted molar refractivity (Wildman–Crippen MR) is 194 cm³/mol. The third-order valence-corrected chi connectivity index (χ3v) is 11.2. The van der Waals surface area contributed by atoms with Crippen LogP contribution in [0.4, 0.5) is 0 Å². The van der Waals surface area contributed by atoms with Crippen LogP contribution in [0.1, 0.15) is 126 Å². The number of carbonyl (C=O) groups excluding carboxylic acids is 1. The molecule has 0 radical (unpaired) electrons. The Labute approximate surface area is 293 Å². The van der Waals surface area contributed by atoms with Crippen molar-refractivity contribution in [1.82, 2.24) is 0 Å². The number of fused-ring (bicyclic) bond motifs is 6. The van der Waals surface area contributed by atoms with Crippen LogP contribution in [0.5, 0.6) is 11.5 Å². The van der Waals surface area contributed by atoms with Crippen LogP contribution in [0.2, 0.25) is 0 Å². The maximum absolute atomic E-state index is 13.3. The van der Waals surface area contributed by atoms with Gasteiger partial charge in [0, 0.05) is 37.5 Å². The molecular weight excluding hydrogens is 614 g/mol. The maximum Gasteiger partial charge on any atom is 0.186 e. The summed E-state index contributed by atoms with van der Waals surface area (Å²) < 4.78 is 12.8. The number of rotatable bonds is 11. The number of aliphatic hydroxyl groups is 1. The van der Waals surface area contributed by atoms with E-state index < -0.39 is 0 Å². The summed E-state index contributed by atoms with van der Waals surface area (Å²) in [5.41, 5.74) is 15.3. The lowest BCUT2D eigenvalue weighted by molar-refractivity contribution is -0.114. The van der Waals surface area contributed by atoms with Crippen LogP contribution < -0.4 is 16.2 Å². The van der Waals surface area contributed by atoms with Crippen LogP contribution in [0.15, 0.2) is 22.7 Å². The summed E-state index contributed by atoms with van der Waals surface area (Å²) in [4.78, 5) is 18.0. The average molecular weight is 672 g/mol.